The van der Waals surface area contributed by atoms with Crippen LogP contribution in [0.25, 0.3) is 33.3 Å². The van der Waals surface area contributed by atoms with Crippen molar-refractivity contribution in [3.8, 4) is 34.7 Å². The number of nitrogens with one attached hydrogen (secondary N) is 3. The lowest BCUT2D eigenvalue weighted by molar-refractivity contribution is -0.112. The Balaban J connectivity index is 0.960. The van der Waals surface area contributed by atoms with Crippen LogP contribution in [-0.4, -0.2) is 45.8 Å². The summed E-state index contributed by atoms with van der Waals surface area (Å²) in [5, 5.41) is 6.58. The molecule has 0 bridgehead atoms. The SMILES string of the molecule is C#C/C(=C\C1CC1)C(=O)Nc1cccc(C(=O)NC2CCN(Cc3ccc(-c4nc5cc[nH]c(=O)c5cc4-c4ccccc4)cc3)CC2)c1. The van der Waals surface area contributed by atoms with Crippen LogP contribution in [0.15, 0.2) is 114 Å². The molecule has 8 nitrogen and oxygen atoms in total. The number of aromatic nitrogens is 2. The number of amides is 2. The summed E-state index contributed by atoms with van der Waals surface area (Å²) < 4.78 is 0. The first-order valence-corrected chi connectivity index (χ1v) is 16.7. The van der Waals surface area contributed by atoms with Gasteiger partial charge in [-0.15, -0.1) is 6.42 Å². The largest absolute Gasteiger partial charge is 0.349 e. The quantitative estimate of drug-likeness (QED) is 0.124. The van der Waals surface area contributed by atoms with Crippen molar-refractivity contribution in [1.82, 2.24) is 20.2 Å². The first-order chi connectivity index (χ1) is 23.9. The van der Waals surface area contributed by atoms with Crippen LogP contribution in [0.3, 0.4) is 0 Å². The topological polar surface area (TPSA) is 107 Å². The fourth-order valence-corrected chi connectivity index (χ4v) is 6.32. The number of piperidine rings is 1. The van der Waals surface area contributed by atoms with Crippen molar-refractivity contribution in [1.29, 1.82) is 0 Å². The third kappa shape index (κ3) is 7.53. The number of pyridine rings is 2. The van der Waals surface area contributed by atoms with Crippen LogP contribution in [0.2, 0.25) is 0 Å². The van der Waals surface area contributed by atoms with E-state index in [9.17, 15) is 14.4 Å². The Morgan fingerprint density at radius 3 is 2.43 bits per heavy atom. The summed E-state index contributed by atoms with van der Waals surface area (Å²) in [6.45, 7) is 2.54. The molecule has 0 spiro atoms. The number of likely N-dealkylation sites (tertiary alicyclic amines) is 1. The number of hydrogen-bond donors (Lipinski definition) is 3. The van der Waals surface area contributed by atoms with Crippen LogP contribution >= 0.6 is 0 Å². The summed E-state index contributed by atoms with van der Waals surface area (Å²) in [7, 11) is 0. The van der Waals surface area contributed by atoms with Crippen LogP contribution < -0.4 is 16.2 Å². The molecule has 3 aromatic carbocycles. The standard InChI is InChI=1S/C41H37N5O3/c1-2-29(23-27-11-12-27)39(47)44-34-10-6-9-32(24-34)40(48)43-33-18-21-46(22-19-33)26-28-13-15-31(16-14-28)38-35(30-7-4-3-5-8-30)25-36-37(45-38)17-20-42-41(36)49/h1,3-10,13-17,20,23-25,27,33H,11-12,18-19,21-22,26H2,(H,42,49)(H,43,48)(H,44,47)/b29-23+. The van der Waals surface area contributed by atoms with Gasteiger partial charge in [-0.05, 0) is 73.1 Å². The first-order valence-electron chi connectivity index (χ1n) is 16.7. The second-order valence-corrected chi connectivity index (χ2v) is 12.8. The molecule has 244 valence electrons. The van der Waals surface area contributed by atoms with Crippen LogP contribution in [-0.2, 0) is 11.3 Å². The average molecular weight is 648 g/mol. The zero-order valence-electron chi connectivity index (χ0n) is 27.1. The van der Waals surface area contributed by atoms with Crippen molar-refractivity contribution in [3.63, 3.8) is 0 Å². The molecule has 3 heterocycles. The normalized spacial score (nSPS) is 15.4. The fourth-order valence-electron chi connectivity index (χ4n) is 6.32. The summed E-state index contributed by atoms with van der Waals surface area (Å²) in [6.07, 6.45) is 12.8. The van der Waals surface area contributed by atoms with E-state index in [1.165, 1.54) is 5.56 Å². The molecule has 2 aromatic heterocycles. The lowest BCUT2D eigenvalue weighted by atomic mass is 9.97. The number of carbonyl (C=O) groups excluding carboxylic acids is 2. The Morgan fingerprint density at radius 2 is 1.69 bits per heavy atom. The molecule has 7 rings (SSSR count). The molecule has 5 aromatic rings. The van der Waals surface area contributed by atoms with Gasteiger partial charge in [0.05, 0.1) is 22.2 Å². The third-order valence-electron chi connectivity index (χ3n) is 9.20. The minimum Gasteiger partial charge on any atom is -0.349 e. The lowest BCUT2D eigenvalue weighted by Crippen LogP contribution is -2.44. The highest BCUT2D eigenvalue weighted by Crippen LogP contribution is 2.33. The van der Waals surface area contributed by atoms with Gasteiger partial charge in [-0.3, -0.25) is 19.3 Å². The summed E-state index contributed by atoms with van der Waals surface area (Å²) in [4.78, 5) is 48.4. The Morgan fingerprint density at radius 1 is 0.918 bits per heavy atom. The molecule has 2 fully saturated rings. The monoisotopic (exact) mass is 647 g/mol. The highest BCUT2D eigenvalue weighted by molar-refractivity contribution is 6.07. The van der Waals surface area contributed by atoms with Crippen molar-refractivity contribution >= 4 is 28.4 Å². The van der Waals surface area contributed by atoms with Crippen molar-refractivity contribution < 1.29 is 9.59 Å². The van der Waals surface area contributed by atoms with Crippen molar-refractivity contribution in [2.24, 2.45) is 5.92 Å². The van der Waals surface area contributed by atoms with E-state index in [1.807, 2.05) is 48.5 Å². The minimum absolute atomic E-state index is 0.0708. The average Bonchev–Trinajstić information content (AvgIpc) is 3.96. The second-order valence-electron chi connectivity index (χ2n) is 12.8. The Kier molecular flexibility index (Phi) is 9.18. The zero-order chi connectivity index (χ0) is 33.7. The van der Waals surface area contributed by atoms with E-state index in [4.69, 9.17) is 11.4 Å². The number of aromatic amines is 1. The number of rotatable bonds is 9. The summed E-state index contributed by atoms with van der Waals surface area (Å²) in [5.74, 6) is 2.39. The van der Waals surface area contributed by atoms with E-state index in [-0.39, 0.29) is 23.4 Å². The Hall–Kier alpha value is -5.78. The highest BCUT2D eigenvalue weighted by Gasteiger charge is 2.23. The summed E-state index contributed by atoms with van der Waals surface area (Å²) in [6, 6.07) is 29.3. The number of benzene rings is 3. The van der Waals surface area contributed by atoms with Crippen molar-refractivity contribution in [2.45, 2.75) is 38.3 Å². The number of hydrogen-bond acceptors (Lipinski definition) is 5. The highest BCUT2D eigenvalue weighted by atomic mass is 16.2. The molecule has 1 aliphatic heterocycles. The molecule has 1 saturated carbocycles. The van der Waals surface area contributed by atoms with Gasteiger partial charge in [0.2, 0.25) is 0 Å². The van der Waals surface area contributed by atoms with Crippen LogP contribution in [0.5, 0.6) is 0 Å². The van der Waals surface area contributed by atoms with Gasteiger partial charge in [-0.1, -0.05) is 72.7 Å². The van der Waals surface area contributed by atoms with Gasteiger partial charge in [0, 0.05) is 54.3 Å². The molecule has 1 saturated heterocycles. The molecule has 2 aliphatic rings. The number of terminal acetylenes is 1. The van der Waals surface area contributed by atoms with E-state index in [2.05, 4.69) is 50.7 Å². The Bertz CT molecular complexity index is 2130. The molecule has 3 N–H and O–H groups in total. The molecule has 8 heteroatoms. The van der Waals surface area contributed by atoms with Gasteiger partial charge < -0.3 is 15.6 Å². The number of nitrogens with zero attached hydrogens (tertiary/aromatic N) is 2. The number of anilines is 1. The van der Waals surface area contributed by atoms with E-state index in [0.29, 0.717) is 33.6 Å². The molecule has 0 unspecified atom stereocenters. The molecule has 0 atom stereocenters. The maximum Gasteiger partial charge on any atom is 0.263 e. The molecular formula is C41H37N5O3. The van der Waals surface area contributed by atoms with E-state index >= 15 is 0 Å². The van der Waals surface area contributed by atoms with Gasteiger partial charge in [0.15, 0.2) is 0 Å². The Labute approximate surface area is 285 Å². The molecule has 2 amide bonds. The fraction of sp³-hybridized carbons (Fsp3) is 0.220. The van der Waals surface area contributed by atoms with Crippen molar-refractivity contribution in [3.05, 3.63) is 130 Å². The van der Waals surface area contributed by atoms with Crippen LogP contribution in [0.4, 0.5) is 5.69 Å². The molecule has 0 radical (unpaired) electrons. The molecule has 1 aliphatic carbocycles. The van der Waals surface area contributed by atoms with Crippen LogP contribution in [0.1, 0.15) is 41.6 Å². The number of fused-ring (bicyclic) bond motifs is 1. The maximum absolute atomic E-state index is 13.1. The molecule has 49 heavy (non-hydrogen) atoms. The van der Waals surface area contributed by atoms with Crippen molar-refractivity contribution in [2.75, 3.05) is 18.4 Å². The summed E-state index contributed by atoms with van der Waals surface area (Å²) in [5.41, 5.74) is 6.81. The van der Waals surface area contributed by atoms with Crippen LogP contribution in [0, 0.1) is 18.3 Å². The van der Waals surface area contributed by atoms with E-state index in [0.717, 1.165) is 67.7 Å². The summed E-state index contributed by atoms with van der Waals surface area (Å²) >= 11 is 0. The van der Waals surface area contributed by atoms with Gasteiger partial charge in [-0.25, -0.2) is 4.98 Å². The maximum atomic E-state index is 13.1. The predicted octanol–water partition coefficient (Wildman–Crippen LogP) is 6.56. The number of H-pyrrole nitrogens is 1. The van der Waals surface area contributed by atoms with Gasteiger partial charge in [0.25, 0.3) is 17.4 Å². The number of allylic oxidation sites excluding steroid dienone is 1. The second kappa shape index (κ2) is 14.1. The van der Waals surface area contributed by atoms with E-state index < -0.39 is 0 Å². The third-order valence-corrected chi connectivity index (χ3v) is 9.20. The van der Waals surface area contributed by atoms with Gasteiger partial charge in [-0.2, -0.15) is 0 Å². The predicted molar refractivity (Wildman–Crippen MR) is 194 cm³/mol. The van der Waals surface area contributed by atoms with Gasteiger partial charge >= 0.3 is 0 Å². The number of carbonyl (C=O) groups is 2. The molecular weight excluding hydrogens is 610 g/mol. The lowest BCUT2D eigenvalue weighted by Gasteiger charge is -2.32. The van der Waals surface area contributed by atoms with Gasteiger partial charge in [0.1, 0.15) is 0 Å². The minimum atomic E-state index is -0.325. The zero-order valence-corrected chi connectivity index (χ0v) is 27.1. The smallest absolute Gasteiger partial charge is 0.263 e. The van der Waals surface area contributed by atoms with E-state index in [1.54, 1.807) is 30.5 Å². The first kappa shape index (κ1) is 31.8.